The van der Waals surface area contributed by atoms with Crippen molar-refractivity contribution >= 4 is 17.2 Å². The molecule has 0 spiro atoms. The van der Waals surface area contributed by atoms with Crippen molar-refractivity contribution in [3.63, 3.8) is 0 Å². The second kappa shape index (κ2) is 7.58. The van der Waals surface area contributed by atoms with Crippen LogP contribution in [0.2, 0.25) is 0 Å². The molecule has 2 aliphatic rings. The molecule has 6 heteroatoms. The molecule has 0 bridgehead atoms. The van der Waals surface area contributed by atoms with Crippen molar-refractivity contribution in [1.82, 2.24) is 15.1 Å². The van der Waals surface area contributed by atoms with Crippen LogP contribution in [-0.4, -0.2) is 21.7 Å². The van der Waals surface area contributed by atoms with Crippen LogP contribution in [0.4, 0.5) is 0 Å². The van der Waals surface area contributed by atoms with E-state index in [-0.39, 0.29) is 23.4 Å². The lowest BCUT2D eigenvalue weighted by Crippen LogP contribution is -2.44. The normalized spacial score (nSPS) is 17.6. The van der Waals surface area contributed by atoms with E-state index in [1.165, 1.54) is 21.5 Å². The number of rotatable bonds is 6. The number of carbonyl (C=O) groups excluding carboxylic acids is 1. The number of thiophene rings is 1. The number of aromatic nitrogens is 2. The maximum atomic E-state index is 12.9. The zero-order valence-electron chi connectivity index (χ0n) is 16.0. The van der Waals surface area contributed by atoms with Gasteiger partial charge in [0.2, 0.25) is 0 Å². The quantitative estimate of drug-likeness (QED) is 0.827. The highest BCUT2D eigenvalue weighted by atomic mass is 32.1. The standard InChI is InChI=1S/C21H27N3O2S/c1-13(2)18(11-24-20(25)10-9-17(23-24)14-7-8-14)22-21(26)16-12-27-19-6-4-3-5-15(16)19/h9-10,12-14,18H,3-8,11H2,1-2H3,(H,22,26)/t18-/m1/s1. The summed E-state index contributed by atoms with van der Waals surface area (Å²) in [5.41, 5.74) is 2.95. The summed E-state index contributed by atoms with van der Waals surface area (Å²) in [6.45, 7) is 4.56. The van der Waals surface area contributed by atoms with Crippen LogP contribution in [0, 0.1) is 5.92 Å². The van der Waals surface area contributed by atoms with Crippen LogP contribution in [0.25, 0.3) is 0 Å². The van der Waals surface area contributed by atoms with Crippen molar-refractivity contribution in [3.05, 3.63) is 49.6 Å². The monoisotopic (exact) mass is 385 g/mol. The lowest BCUT2D eigenvalue weighted by atomic mass is 9.95. The molecule has 1 atom stereocenters. The number of hydrogen-bond donors (Lipinski definition) is 1. The first-order chi connectivity index (χ1) is 13.0. The number of amides is 1. The minimum atomic E-state index is -0.128. The molecule has 1 amide bonds. The van der Waals surface area contributed by atoms with Crippen LogP contribution in [0.1, 0.15) is 71.9 Å². The van der Waals surface area contributed by atoms with E-state index in [9.17, 15) is 9.59 Å². The van der Waals surface area contributed by atoms with Gasteiger partial charge in [-0.15, -0.1) is 11.3 Å². The van der Waals surface area contributed by atoms with E-state index >= 15 is 0 Å². The lowest BCUT2D eigenvalue weighted by Gasteiger charge is -2.23. The Bertz CT molecular complexity index is 895. The molecule has 1 N–H and O–H groups in total. The van der Waals surface area contributed by atoms with Crippen LogP contribution in [0.3, 0.4) is 0 Å². The number of carbonyl (C=O) groups is 1. The zero-order valence-corrected chi connectivity index (χ0v) is 16.8. The Labute approximate surface area is 163 Å². The Morgan fingerprint density at radius 2 is 2.07 bits per heavy atom. The minimum absolute atomic E-state index is 0.0144. The second-order valence-corrected chi connectivity index (χ2v) is 9.10. The first kappa shape index (κ1) is 18.4. The van der Waals surface area contributed by atoms with Crippen molar-refractivity contribution < 1.29 is 4.79 Å². The number of fused-ring (bicyclic) bond motifs is 1. The number of nitrogens with one attached hydrogen (secondary N) is 1. The highest BCUT2D eigenvalue weighted by molar-refractivity contribution is 7.10. The maximum absolute atomic E-state index is 12.9. The van der Waals surface area contributed by atoms with Gasteiger partial charge in [0.05, 0.1) is 23.8 Å². The summed E-state index contributed by atoms with van der Waals surface area (Å²) in [5.74, 6) is 0.697. The van der Waals surface area contributed by atoms with Gasteiger partial charge in [-0.1, -0.05) is 13.8 Å². The number of nitrogens with zero attached hydrogens (tertiary/aromatic N) is 2. The van der Waals surface area contributed by atoms with E-state index < -0.39 is 0 Å². The van der Waals surface area contributed by atoms with Crippen LogP contribution >= 0.6 is 11.3 Å². The average molecular weight is 386 g/mol. The van der Waals surface area contributed by atoms with Crippen LogP contribution < -0.4 is 10.9 Å². The molecule has 0 unspecified atom stereocenters. The molecule has 2 aromatic rings. The fourth-order valence-corrected chi connectivity index (χ4v) is 4.86. The van der Waals surface area contributed by atoms with Gasteiger partial charge < -0.3 is 5.32 Å². The number of aryl methyl sites for hydroxylation is 1. The fraction of sp³-hybridized carbons (Fsp3) is 0.571. The van der Waals surface area contributed by atoms with Crippen molar-refractivity contribution in [1.29, 1.82) is 0 Å². The molecular weight excluding hydrogens is 358 g/mol. The highest BCUT2D eigenvalue weighted by Crippen LogP contribution is 2.38. The van der Waals surface area contributed by atoms with Crippen molar-refractivity contribution in [2.75, 3.05) is 0 Å². The van der Waals surface area contributed by atoms with E-state index in [4.69, 9.17) is 0 Å². The van der Waals surface area contributed by atoms with Crippen LogP contribution in [0.15, 0.2) is 22.3 Å². The van der Waals surface area contributed by atoms with Gasteiger partial charge in [0.25, 0.3) is 11.5 Å². The predicted octanol–water partition coefficient (Wildman–Crippen LogP) is 3.52. The van der Waals surface area contributed by atoms with Crippen molar-refractivity contribution in [2.24, 2.45) is 5.92 Å². The molecule has 2 aliphatic carbocycles. The highest BCUT2D eigenvalue weighted by Gasteiger charge is 2.27. The van der Waals surface area contributed by atoms with Crippen molar-refractivity contribution in [2.45, 2.75) is 70.9 Å². The summed E-state index contributed by atoms with van der Waals surface area (Å²) in [6, 6.07) is 3.32. The zero-order chi connectivity index (χ0) is 19.0. The maximum Gasteiger partial charge on any atom is 0.266 e. The summed E-state index contributed by atoms with van der Waals surface area (Å²) < 4.78 is 1.53. The molecule has 0 aromatic carbocycles. The summed E-state index contributed by atoms with van der Waals surface area (Å²) in [6.07, 6.45) is 6.77. The van der Waals surface area contributed by atoms with Gasteiger partial charge in [-0.25, -0.2) is 4.68 Å². The Kier molecular flexibility index (Phi) is 5.17. The summed E-state index contributed by atoms with van der Waals surface area (Å²) in [7, 11) is 0. The molecule has 144 valence electrons. The predicted molar refractivity (Wildman–Crippen MR) is 108 cm³/mol. The minimum Gasteiger partial charge on any atom is -0.347 e. The molecule has 2 aromatic heterocycles. The molecule has 4 rings (SSSR count). The molecule has 27 heavy (non-hydrogen) atoms. The van der Waals surface area contributed by atoms with Gasteiger partial charge in [0.1, 0.15) is 0 Å². The molecule has 2 heterocycles. The first-order valence-corrected chi connectivity index (χ1v) is 10.9. The molecule has 1 saturated carbocycles. The van der Waals surface area contributed by atoms with Crippen LogP contribution in [0.5, 0.6) is 0 Å². The van der Waals surface area contributed by atoms with Gasteiger partial charge in [-0.05, 0) is 56.1 Å². The Morgan fingerprint density at radius 3 is 2.81 bits per heavy atom. The van der Waals surface area contributed by atoms with Gasteiger partial charge >= 0.3 is 0 Å². The topological polar surface area (TPSA) is 64.0 Å². The second-order valence-electron chi connectivity index (χ2n) is 8.14. The van der Waals surface area contributed by atoms with Crippen molar-refractivity contribution in [3.8, 4) is 0 Å². The number of hydrogen-bond acceptors (Lipinski definition) is 4. The van der Waals surface area contributed by atoms with E-state index in [0.717, 1.165) is 43.4 Å². The van der Waals surface area contributed by atoms with E-state index in [1.54, 1.807) is 17.4 Å². The smallest absolute Gasteiger partial charge is 0.266 e. The fourth-order valence-electron chi connectivity index (χ4n) is 3.73. The van der Waals surface area contributed by atoms with Gasteiger partial charge in [-0.2, -0.15) is 5.10 Å². The van der Waals surface area contributed by atoms with Crippen LogP contribution in [-0.2, 0) is 19.4 Å². The summed E-state index contributed by atoms with van der Waals surface area (Å²) in [4.78, 5) is 26.6. The van der Waals surface area contributed by atoms with E-state index in [1.807, 2.05) is 11.4 Å². The third-order valence-electron chi connectivity index (χ3n) is 5.68. The van der Waals surface area contributed by atoms with E-state index in [0.29, 0.717) is 12.5 Å². The molecule has 0 radical (unpaired) electrons. The third kappa shape index (κ3) is 4.00. The van der Waals surface area contributed by atoms with Gasteiger partial charge in [-0.3, -0.25) is 9.59 Å². The Balaban J connectivity index is 1.52. The molecule has 5 nitrogen and oxygen atoms in total. The Hall–Kier alpha value is -1.95. The largest absolute Gasteiger partial charge is 0.347 e. The summed E-state index contributed by atoms with van der Waals surface area (Å²) >= 11 is 1.71. The Morgan fingerprint density at radius 1 is 1.30 bits per heavy atom. The molecule has 0 saturated heterocycles. The lowest BCUT2D eigenvalue weighted by molar-refractivity contribution is 0.0918. The molecule has 0 aliphatic heterocycles. The molecular formula is C21H27N3O2S. The SMILES string of the molecule is CC(C)[C@@H](Cn1nc(C2CC2)ccc1=O)NC(=O)c1csc2c1CCCC2. The third-order valence-corrected chi connectivity index (χ3v) is 6.77. The molecule has 1 fully saturated rings. The average Bonchev–Trinajstić information content (AvgIpc) is 3.41. The van der Waals surface area contributed by atoms with Gasteiger partial charge in [0, 0.05) is 22.2 Å². The van der Waals surface area contributed by atoms with E-state index in [2.05, 4.69) is 24.3 Å². The first-order valence-electron chi connectivity index (χ1n) is 10.0. The summed E-state index contributed by atoms with van der Waals surface area (Å²) in [5, 5.41) is 9.73. The van der Waals surface area contributed by atoms with Gasteiger partial charge in [0.15, 0.2) is 0 Å².